The minimum Gasteiger partial charge on any atom is -1.00 e. The molecule has 0 fully saturated rings. The Balaban J connectivity index is 0.00000121. The smallest absolute Gasteiger partial charge is 1.00 e. The predicted molar refractivity (Wildman–Crippen MR) is 52.4 cm³/mol. The van der Waals surface area contributed by atoms with Crippen molar-refractivity contribution in [3.63, 3.8) is 0 Å². The van der Waals surface area contributed by atoms with Gasteiger partial charge in [-0.25, -0.2) is 0 Å². The molecule has 1 aromatic carbocycles. The summed E-state index contributed by atoms with van der Waals surface area (Å²) >= 11 is -0.225. The van der Waals surface area contributed by atoms with Gasteiger partial charge >= 0.3 is 73.2 Å². The van der Waals surface area contributed by atoms with E-state index in [9.17, 15) is 0 Å². The molecule has 68 valence electrons. The summed E-state index contributed by atoms with van der Waals surface area (Å²) in [7, 11) is 0. The van der Waals surface area contributed by atoms with E-state index >= 15 is 0 Å². The Hall–Kier alpha value is 0.219. The van der Waals surface area contributed by atoms with Crippen molar-refractivity contribution in [3.05, 3.63) is 35.9 Å². The molecule has 0 saturated heterocycles. The van der Waals surface area contributed by atoms with Crippen molar-refractivity contribution in [1.82, 2.24) is 0 Å². The predicted octanol–water partition coefficient (Wildman–Crippen LogP) is -0.0125. The topological polar surface area (TPSA) is 0 Å². The first-order valence-electron chi connectivity index (χ1n) is 3.87. The monoisotopic (exact) mass is 294 g/mol. The zero-order valence-electron chi connectivity index (χ0n) is 7.59. The summed E-state index contributed by atoms with van der Waals surface area (Å²) in [4.78, 5) is 0. The molecule has 0 atom stereocenters. The van der Waals surface area contributed by atoms with Crippen molar-refractivity contribution < 1.29 is 17.0 Å². The maximum absolute atomic E-state index is 2.39. The zero-order valence-corrected chi connectivity index (χ0v) is 10.9. The summed E-state index contributed by atoms with van der Waals surface area (Å²) in [5.74, 6) is 4.78. The molecule has 0 radical (unpaired) electrons. The van der Waals surface area contributed by atoms with Gasteiger partial charge in [-0.2, -0.15) is 0 Å². The number of hydrogen-bond acceptors (Lipinski definition) is 0. The fourth-order valence-electron chi connectivity index (χ4n) is 0.967. The van der Waals surface area contributed by atoms with Crippen LogP contribution in [0.5, 0.6) is 0 Å². The minimum atomic E-state index is -0.225. The van der Waals surface area contributed by atoms with E-state index in [-0.39, 0.29) is 30.9 Å². The van der Waals surface area contributed by atoms with Crippen LogP contribution < -0.4 is 17.0 Å². The molecule has 0 unspecified atom stereocenters. The van der Waals surface area contributed by atoms with Gasteiger partial charge in [-0.05, 0) is 0 Å². The number of halogens is 1. The Morgan fingerprint density at radius 2 is 1.67 bits per heavy atom. The van der Waals surface area contributed by atoms with E-state index < -0.39 is 0 Å². The van der Waals surface area contributed by atoms with Gasteiger partial charge in [0.15, 0.2) is 0 Å². The first-order chi connectivity index (χ1) is 5.29. The van der Waals surface area contributed by atoms with Crippen LogP contribution >= 0.6 is 0 Å². The third-order valence-corrected chi connectivity index (χ3v) is 3.78. The van der Waals surface area contributed by atoms with Crippen LogP contribution in [0.3, 0.4) is 0 Å². The molecule has 1 aromatic rings. The number of benzene rings is 1. The number of hydrogen-bond donors (Lipinski definition) is 0. The van der Waals surface area contributed by atoms with Crippen LogP contribution in [0.4, 0.5) is 0 Å². The fraction of sp³-hybridized carbons (Fsp3) is 0.400. The quantitative estimate of drug-likeness (QED) is 0.688. The third-order valence-electron chi connectivity index (χ3n) is 1.64. The maximum atomic E-state index is 2.39. The average molecular weight is 294 g/mol. The van der Waals surface area contributed by atoms with Crippen LogP contribution in [0, 0.1) is 0 Å². The molecule has 0 aliphatic heterocycles. The Labute approximate surface area is 90.0 Å². The van der Waals surface area contributed by atoms with E-state index in [1.807, 2.05) is 0 Å². The van der Waals surface area contributed by atoms with Crippen LogP contribution in [-0.2, 0) is 6.42 Å². The second-order valence-corrected chi connectivity index (χ2v) is 7.92. The van der Waals surface area contributed by atoms with Gasteiger partial charge in [-0.15, -0.1) is 0 Å². The first-order valence-corrected chi connectivity index (χ1v) is 8.51. The molecule has 2 heteroatoms. The van der Waals surface area contributed by atoms with Gasteiger partial charge in [0.1, 0.15) is 0 Å². The van der Waals surface area contributed by atoms with Crippen molar-refractivity contribution in [1.29, 1.82) is 0 Å². The average Bonchev–Trinajstić information content (AvgIpc) is 2.03. The van der Waals surface area contributed by atoms with Crippen LogP contribution in [0.1, 0.15) is 5.56 Å². The van der Waals surface area contributed by atoms with Gasteiger partial charge < -0.3 is 17.0 Å². The normalized spacial score (nSPS) is 9.58. The van der Waals surface area contributed by atoms with E-state index in [0.29, 0.717) is 0 Å². The molecule has 1 rings (SSSR count). The van der Waals surface area contributed by atoms with Gasteiger partial charge in [0.2, 0.25) is 0 Å². The molecule has 0 spiro atoms. The van der Waals surface area contributed by atoms with Gasteiger partial charge in [-0.3, -0.25) is 0 Å². The molecule has 0 aliphatic rings. The molecule has 0 aliphatic carbocycles. The molecule has 0 bridgehead atoms. The van der Waals surface area contributed by atoms with E-state index in [2.05, 4.69) is 42.0 Å². The van der Waals surface area contributed by atoms with E-state index in [0.717, 1.165) is 0 Å². The van der Waals surface area contributed by atoms with Crippen molar-refractivity contribution in [3.8, 4) is 0 Å². The van der Waals surface area contributed by atoms with Crippen molar-refractivity contribution >= 4 is 13.9 Å². The van der Waals surface area contributed by atoms with Gasteiger partial charge in [0, 0.05) is 0 Å². The molecule has 0 aromatic heterocycles. The second kappa shape index (κ2) is 6.71. The summed E-state index contributed by atoms with van der Waals surface area (Å²) in [6, 6.07) is 10.8. The molecule has 0 amide bonds. The second-order valence-electron chi connectivity index (χ2n) is 2.93. The number of rotatable bonds is 3. The van der Waals surface area contributed by atoms with Crippen LogP contribution in [0.2, 0.25) is 17.0 Å². The first kappa shape index (κ1) is 12.2. The summed E-state index contributed by atoms with van der Waals surface area (Å²) in [6.45, 7) is 0. The minimum absolute atomic E-state index is 0. The largest absolute Gasteiger partial charge is 1.00 e. The molecule has 0 heterocycles. The van der Waals surface area contributed by atoms with Crippen molar-refractivity contribution in [2.75, 3.05) is 0 Å². The van der Waals surface area contributed by atoms with Crippen LogP contribution in [-0.4, -0.2) is 13.9 Å². The van der Waals surface area contributed by atoms with Crippen LogP contribution in [0.15, 0.2) is 30.3 Å². The Morgan fingerprint density at radius 1 is 1.08 bits per heavy atom. The molecule has 0 nitrogen and oxygen atoms in total. The van der Waals surface area contributed by atoms with Gasteiger partial charge in [-0.1, -0.05) is 0 Å². The standard InChI is InChI=1S/C10H15Se.BrH/c1-11(2)9-8-10-6-4-3-5-7-10;/h3-7H,8-9H2,1-2H3;1H/q+1;/p-1. The zero-order chi connectivity index (χ0) is 8.10. The Bertz CT molecular complexity index is 196. The van der Waals surface area contributed by atoms with Crippen molar-refractivity contribution in [2.24, 2.45) is 0 Å². The Morgan fingerprint density at radius 3 is 2.17 bits per heavy atom. The maximum Gasteiger partial charge on any atom is -1.00 e. The SMILES string of the molecule is C[Se+](C)CCc1ccccc1.[Br-]. The summed E-state index contributed by atoms with van der Waals surface area (Å²) < 4.78 is 0. The third kappa shape index (κ3) is 4.97. The Kier molecular flexibility index (Phi) is 6.83. The van der Waals surface area contributed by atoms with E-state index in [1.54, 1.807) is 0 Å². The molecular formula is C10H15BrSe. The van der Waals surface area contributed by atoms with Crippen LogP contribution in [0.25, 0.3) is 0 Å². The summed E-state index contributed by atoms with van der Waals surface area (Å²) in [6.07, 6.45) is 1.28. The van der Waals surface area contributed by atoms with E-state index in [1.165, 1.54) is 17.3 Å². The number of aryl methyl sites for hydroxylation is 1. The summed E-state index contributed by atoms with van der Waals surface area (Å²) in [5, 5.41) is 1.42. The molecule has 12 heavy (non-hydrogen) atoms. The summed E-state index contributed by atoms with van der Waals surface area (Å²) in [5.41, 5.74) is 1.49. The fourth-order valence-corrected chi connectivity index (χ4v) is 2.32. The van der Waals surface area contributed by atoms with Gasteiger partial charge in [0.25, 0.3) is 0 Å². The molecule has 0 saturated carbocycles. The van der Waals surface area contributed by atoms with Gasteiger partial charge in [0.05, 0.1) is 0 Å². The van der Waals surface area contributed by atoms with Crippen molar-refractivity contribution in [2.45, 2.75) is 23.4 Å². The molecule has 0 N–H and O–H groups in total. The molecular weight excluding hydrogens is 279 g/mol. The van der Waals surface area contributed by atoms with E-state index in [4.69, 9.17) is 0 Å².